The molecule has 0 aromatic rings. The molecule has 1 aliphatic carbocycles. The van der Waals surface area contributed by atoms with Gasteiger partial charge in [0, 0.05) is 19.1 Å². The van der Waals surface area contributed by atoms with E-state index in [1.54, 1.807) is 0 Å². The molecule has 2 rings (SSSR count). The number of nitrogens with zero attached hydrogens (tertiary/aromatic N) is 1. The number of alkyl carbamates (subject to hydrolysis) is 1. The van der Waals surface area contributed by atoms with Gasteiger partial charge in [0.2, 0.25) is 0 Å². The van der Waals surface area contributed by atoms with Crippen molar-refractivity contribution in [2.45, 2.75) is 58.1 Å². The molecule has 104 valence electrons. The Morgan fingerprint density at radius 2 is 2.06 bits per heavy atom. The average Bonchev–Trinajstić information content (AvgIpc) is 2.58. The van der Waals surface area contributed by atoms with E-state index in [1.165, 1.54) is 32.2 Å². The van der Waals surface area contributed by atoms with Crippen LogP contribution < -0.4 is 5.32 Å². The second-order valence-electron chi connectivity index (χ2n) is 6.62. The molecule has 1 saturated carbocycles. The first-order valence-electron chi connectivity index (χ1n) is 7.15. The summed E-state index contributed by atoms with van der Waals surface area (Å²) in [5.74, 6) is 0.595. The van der Waals surface area contributed by atoms with Crippen LogP contribution in [-0.4, -0.2) is 42.3 Å². The topological polar surface area (TPSA) is 41.6 Å². The van der Waals surface area contributed by atoms with E-state index < -0.39 is 5.60 Å². The van der Waals surface area contributed by atoms with Gasteiger partial charge in [0.1, 0.15) is 5.60 Å². The Morgan fingerprint density at radius 3 is 2.61 bits per heavy atom. The molecule has 1 heterocycles. The Balaban J connectivity index is 1.64. The SMILES string of the molecule is CC(C)(C)OC(=O)NCC1CCN(C2CCC2)C1. The Morgan fingerprint density at radius 1 is 1.33 bits per heavy atom. The van der Waals surface area contributed by atoms with Gasteiger partial charge >= 0.3 is 6.09 Å². The molecule has 1 atom stereocenters. The van der Waals surface area contributed by atoms with Gasteiger partial charge in [-0.3, -0.25) is 0 Å². The van der Waals surface area contributed by atoms with Crippen molar-refractivity contribution in [2.24, 2.45) is 5.92 Å². The van der Waals surface area contributed by atoms with Gasteiger partial charge in [0.25, 0.3) is 0 Å². The van der Waals surface area contributed by atoms with Crippen LogP contribution in [0.5, 0.6) is 0 Å². The minimum atomic E-state index is -0.405. The van der Waals surface area contributed by atoms with Crippen molar-refractivity contribution in [3.05, 3.63) is 0 Å². The van der Waals surface area contributed by atoms with Crippen molar-refractivity contribution in [1.29, 1.82) is 0 Å². The van der Waals surface area contributed by atoms with Crippen LogP contribution in [0.2, 0.25) is 0 Å². The van der Waals surface area contributed by atoms with Crippen molar-refractivity contribution in [3.8, 4) is 0 Å². The molecule has 1 amide bonds. The lowest BCUT2D eigenvalue weighted by atomic mass is 9.92. The zero-order valence-corrected chi connectivity index (χ0v) is 11.9. The van der Waals surface area contributed by atoms with E-state index in [9.17, 15) is 4.79 Å². The minimum absolute atomic E-state index is 0.287. The predicted octanol–water partition coefficient (Wildman–Crippen LogP) is 2.39. The number of rotatable bonds is 3. The number of ether oxygens (including phenoxy) is 1. The summed E-state index contributed by atoms with van der Waals surface area (Å²) in [6.45, 7) is 8.76. The fraction of sp³-hybridized carbons (Fsp3) is 0.929. The summed E-state index contributed by atoms with van der Waals surface area (Å²) in [6.07, 6.45) is 5.04. The van der Waals surface area contributed by atoms with E-state index in [0.717, 1.165) is 19.1 Å². The van der Waals surface area contributed by atoms with Crippen LogP contribution in [0, 0.1) is 5.92 Å². The fourth-order valence-electron chi connectivity index (χ4n) is 2.65. The fourth-order valence-corrected chi connectivity index (χ4v) is 2.65. The summed E-state index contributed by atoms with van der Waals surface area (Å²) in [5.41, 5.74) is -0.405. The molecule has 2 aliphatic rings. The average molecular weight is 254 g/mol. The highest BCUT2D eigenvalue weighted by Gasteiger charge is 2.31. The van der Waals surface area contributed by atoms with E-state index >= 15 is 0 Å². The highest BCUT2D eigenvalue weighted by atomic mass is 16.6. The van der Waals surface area contributed by atoms with Gasteiger partial charge in [0.15, 0.2) is 0 Å². The zero-order chi connectivity index (χ0) is 13.2. The molecule has 18 heavy (non-hydrogen) atoms. The molecule has 4 heteroatoms. The molecule has 0 aromatic heterocycles. The summed E-state index contributed by atoms with van der Waals surface area (Å²) < 4.78 is 5.24. The maximum Gasteiger partial charge on any atom is 0.407 e. The lowest BCUT2D eigenvalue weighted by Crippen LogP contribution is -2.40. The molecule has 1 aliphatic heterocycles. The highest BCUT2D eigenvalue weighted by molar-refractivity contribution is 5.67. The number of hydrogen-bond donors (Lipinski definition) is 1. The van der Waals surface area contributed by atoms with Crippen molar-refractivity contribution >= 4 is 6.09 Å². The highest BCUT2D eigenvalue weighted by Crippen LogP contribution is 2.29. The maximum atomic E-state index is 11.6. The second kappa shape index (κ2) is 5.47. The molecule has 0 aromatic carbocycles. The molecular formula is C14H26N2O2. The first kappa shape index (κ1) is 13.7. The lowest BCUT2D eigenvalue weighted by molar-refractivity contribution is 0.0518. The molecule has 4 nitrogen and oxygen atoms in total. The second-order valence-corrected chi connectivity index (χ2v) is 6.62. The smallest absolute Gasteiger partial charge is 0.407 e. The van der Waals surface area contributed by atoms with Gasteiger partial charge in [-0.05, 0) is 52.5 Å². The number of likely N-dealkylation sites (tertiary alicyclic amines) is 1. The van der Waals surface area contributed by atoms with Gasteiger partial charge in [-0.25, -0.2) is 4.79 Å². The standard InChI is InChI=1S/C14H26N2O2/c1-14(2,3)18-13(17)15-9-11-7-8-16(10-11)12-5-4-6-12/h11-12H,4-10H2,1-3H3,(H,15,17). The number of carbonyl (C=O) groups is 1. The number of amides is 1. The summed E-state index contributed by atoms with van der Waals surface area (Å²) >= 11 is 0. The van der Waals surface area contributed by atoms with Gasteiger partial charge in [-0.1, -0.05) is 6.42 Å². The third-order valence-corrected chi connectivity index (χ3v) is 3.84. The lowest BCUT2D eigenvalue weighted by Gasteiger charge is -2.34. The van der Waals surface area contributed by atoms with Crippen LogP contribution in [0.4, 0.5) is 4.79 Å². The van der Waals surface area contributed by atoms with E-state index in [0.29, 0.717) is 5.92 Å². The Kier molecular flexibility index (Phi) is 4.15. The zero-order valence-electron chi connectivity index (χ0n) is 11.9. The van der Waals surface area contributed by atoms with Crippen molar-refractivity contribution < 1.29 is 9.53 Å². The summed E-state index contributed by atoms with van der Waals surface area (Å²) in [7, 11) is 0. The predicted molar refractivity (Wildman–Crippen MR) is 71.6 cm³/mol. The normalized spacial score (nSPS) is 25.8. The molecule has 1 N–H and O–H groups in total. The maximum absolute atomic E-state index is 11.6. The third kappa shape index (κ3) is 3.87. The largest absolute Gasteiger partial charge is 0.444 e. The van der Waals surface area contributed by atoms with Crippen LogP contribution in [-0.2, 0) is 4.74 Å². The van der Waals surface area contributed by atoms with Gasteiger partial charge in [-0.2, -0.15) is 0 Å². The van der Waals surface area contributed by atoms with E-state index in [1.807, 2.05) is 20.8 Å². The van der Waals surface area contributed by atoms with Crippen molar-refractivity contribution in [3.63, 3.8) is 0 Å². The van der Waals surface area contributed by atoms with E-state index in [-0.39, 0.29) is 6.09 Å². The van der Waals surface area contributed by atoms with Gasteiger partial charge < -0.3 is 15.0 Å². The van der Waals surface area contributed by atoms with E-state index in [4.69, 9.17) is 4.74 Å². The third-order valence-electron chi connectivity index (χ3n) is 3.84. The molecule has 0 spiro atoms. The monoisotopic (exact) mass is 254 g/mol. The van der Waals surface area contributed by atoms with Crippen molar-refractivity contribution in [2.75, 3.05) is 19.6 Å². The van der Waals surface area contributed by atoms with Crippen LogP contribution in [0.25, 0.3) is 0 Å². The van der Waals surface area contributed by atoms with Gasteiger partial charge in [0.05, 0.1) is 0 Å². The first-order valence-corrected chi connectivity index (χ1v) is 7.15. The van der Waals surface area contributed by atoms with Crippen molar-refractivity contribution in [1.82, 2.24) is 10.2 Å². The molecule has 0 bridgehead atoms. The quantitative estimate of drug-likeness (QED) is 0.841. The summed E-state index contributed by atoms with van der Waals surface area (Å²) in [4.78, 5) is 14.1. The number of hydrogen-bond acceptors (Lipinski definition) is 3. The van der Waals surface area contributed by atoms with E-state index in [2.05, 4.69) is 10.2 Å². The molecule has 2 fully saturated rings. The molecule has 1 saturated heterocycles. The molecular weight excluding hydrogens is 228 g/mol. The Bertz CT molecular complexity index is 295. The summed E-state index contributed by atoms with van der Waals surface area (Å²) in [5, 5.41) is 2.89. The van der Waals surface area contributed by atoms with Crippen LogP contribution in [0.15, 0.2) is 0 Å². The van der Waals surface area contributed by atoms with Crippen LogP contribution in [0.3, 0.4) is 0 Å². The van der Waals surface area contributed by atoms with Gasteiger partial charge in [-0.15, -0.1) is 0 Å². The molecule has 0 radical (unpaired) electrons. The van der Waals surface area contributed by atoms with Crippen LogP contribution >= 0.6 is 0 Å². The Hall–Kier alpha value is -0.770. The number of carbonyl (C=O) groups excluding carboxylic acids is 1. The Labute approximate surface area is 110 Å². The number of nitrogens with one attached hydrogen (secondary N) is 1. The van der Waals surface area contributed by atoms with Crippen LogP contribution in [0.1, 0.15) is 46.5 Å². The summed E-state index contributed by atoms with van der Waals surface area (Å²) in [6, 6.07) is 0.830. The minimum Gasteiger partial charge on any atom is -0.444 e. The molecule has 1 unspecified atom stereocenters. The first-order chi connectivity index (χ1) is 8.44.